The van der Waals surface area contributed by atoms with Gasteiger partial charge in [0, 0.05) is 13.1 Å². The van der Waals surface area contributed by atoms with Gasteiger partial charge in [0.15, 0.2) is 0 Å². The summed E-state index contributed by atoms with van der Waals surface area (Å²) in [6.45, 7) is 0. The van der Waals surface area contributed by atoms with Gasteiger partial charge in [-0.05, 0) is 12.1 Å². The van der Waals surface area contributed by atoms with Gasteiger partial charge in [-0.1, -0.05) is 6.07 Å². The molecule has 8 heteroatoms. The number of ether oxygens (including phenoxy) is 1. The van der Waals surface area contributed by atoms with E-state index in [0.29, 0.717) is 11.4 Å². The molecule has 2 aromatic rings. The summed E-state index contributed by atoms with van der Waals surface area (Å²) in [5.41, 5.74) is 6.02. The van der Waals surface area contributed by atoms with Gasteiger partial charge in [0.25, 0.3) is 10.0 Å². The lowest BCUT2D eigenvalue weighted by molar-refractivity contribution is 0.415. The summed E-state index contributed by atoms with van der Waals surface area (Å²) in [5, 5.41) is 6.02. The maximum atomic E-state index is 12.4. The normalized spacial score (nSPS) is 11.3. The molecule has 0 spiro atoms. The lowest BCUT2D eigenvalue weighted by Gasteiger charge is -2.19. The quantitative estimate of drug-likeness (QED) is 0.864. The van der Waals surface area contributed by atoms with Crippen LogP contribution in [0, 0.1) is 0 Å². The zero-order chi connectivity index (χ0) is 14.0. The molecule has 0 unspecified atom stereocenters. The van der Waals surface area contributed by atoms with Crippen LogP contribution in [0.2, 0.25) is 0 Å². The van der Waals surface area contributed by atoms with Crippen molar-refractivity contribution in [1.29, 1.82) is 0 Å². The number of nitrogen functional groups attached to an aromatic ring is 1. The Labute approximate surface area is 111 Å². The Balaban J connectivity index is 2.43. The van der Waals surface area contributed by atoms with Crippen molar-refractivity contribution in [1.82, 2.24) is 10.2 Å². The van der Waals surface area contributed by atoms with Gasteiger partial charge in [0.05, 0.1) is 19.0 Å². The monoisotopic (exact) mass is 282 g/mol. The number of methoxy groups -OCH3 is 1. The molecule has 1 aromatic heterocycles. The third-order valence-electron chi connectivity index (χ3n) is 2.69. The zero-order valence-corrected chi connectivity index (χ0v) is 11.3. The molecule has 7 nitrogen and oxygen atoms in total. The van der Waals surface area contributed by atoms with Crippen molar-refractivity contribution in [3.8, 4) is 5.75 Å². The van der Waals surface area contributed by atoms with Crippen LogP contribution in [0.4, 0.5) is 11.5 Å². The minimum absolute atomic E-state index is 0.00902. The van der Waals surface area contributed by atoms with E-state index in [4.69, 9.17) is 10.5 Å². The number of sulfonamides is 1. The second kappa shape index (κ2) is 4.81. The number of H-pyrrole nitrogens is 1. The summed E-state index contributed by atoms with van der Waals surface area (Å²) in [4.78, 5) is -0.0576. The number of anilines is 2. The Bertz CT molecular complexity index is 681. The maximum Gasteiger partial charge on any atom is 0.269 e. The third-order valence-corrected chi connectivity index (χ3v) is 4.50. The van der Waals surface area contributed by atoms with Crippen molar-refractivity contribution in [3.63, 3.8) is 0 Å². The molecule has 0 atom stereocenters. The first kappa shape index (κ1) is 13.2. The molecular formula is C11H14N4O3S. The highest BCUT2D eigenvalue weighted by atomic mass is 32.2. The highest BCUT2D eigenvalue weighted by Crippen LogP contribution is 2.26. The van der Waals surface area contributed by atoms with Crippen LogP contribution in [0.1, 0.15) is 0 Å². The van der Waals surface area contributed by atoms with Crippen molar-refractivity contribution in [2.45, 2.75) is 4.90 Å². The van der Waals surface area contributed by atoms with Gasteiger partial charge >= 0.3 is 0 Å². The van der Waals surface area contributed by atoms with Crippen LogP contribution in [0.5, 0.6) is 5.75 Å². The molecule has 2 rings (SSSR count). The van der Waals surface area contributed by atoms with Crippen LogP contribution in [-0.4, -0.2) is 32.8 Å². The van der Waals surface area contributed by atoms with Crippen LogP contribution < -0.4 is 14.8 Å². The van der Waals surface area contributed by atoms with Crippen molar-refractivity contribution < 1.29 is 13.2 Å². The SMILES string of the molecule is COc1cccc(N(C)S(=O)(=O)c2cn[nH]c2N)c1. The summed E-state index contributed by atoms with van der Waals surface area (Å²) in [5.74, 6) is 0.578. The molecule has 0 saturated heterocycles. The molecule has 3 N–H and O–H groups in total. The van der Waals surface area contributed by atoms with E-state index in [1.54, 1.807) is 24.3 Å². The molecule has 1 heterocycles. The summed E-state index contributed by atoms with van der Waals surface area (Å²) in [6.07, 6.45) is 1.18. The second-order valence-corrected chi connectivity index (χ2v) is 5.76. The lowest BCUT2D eigenvalue weighted by atomic mass is 10.3. The van der Waals surface area contributed by atoms with Gasteiger partial charge in [-0.15, -0.1) is 0 Å². The van der Waals surface area contributed by atoms with Crippen molar-refractivity contribution >= 4 is 21.5 Å². The van der Waals surface area contributed by atoms with Gasteiger partial charge < -0.3 is 10.5 Å². The topological polar surface area (TPSA) is 101 Å². The van der Waals surface area contributed by atoms with Gasteiger partial charge in [0.1, 0.15) is 16.5 Å². The van der Waals surface area contributed by atoms with E-state index in [2.05, 4.69) is 10.2 Å². The number of nitrogens with two attached hydrogens (primary N) is 1. The Morgan fingerprint density at radius 1 is 1.42 bits per heavy atom. The minimum atomic E-state index is -3.75. The van der Waals surface area contributed by atoms with E-state index >= 15 is 0 Å². The molecule has 0 aliphatic rings. The highest BCUT2D eigenvalue weighted by Gasteiger charge is 2.25. The third kappa shape index (κ3) is 2.34. The van der Waals surface area contributed by atoms with E-state index in [1.165, 1.54) is 20.4 Å². The van der Waals surface area contributed by atoms with Gasteiger partial charge in [-0.2, -0.15) is 5.10 Å². The first-order valence-corrected chi connectivity index (χ1v) is 6.82. The maximum absolute atomic E-state index is 12.4. The average Bonchev–Trinajstić information content (AvgIpc) is 2.85. The van der Waals surface area contributed by atoms with Crippen molar-refractivity contribution in [2.75, 3.05) is 24.2 Å². The molecule has 0 aliphatic heterocycles. The van der Waals surface area contributed by atoms with Gasteiger partial charge in [-0.25, -0.2) is 8.42 Å². The molecule has 0 bridgehead atoms. The average molecular weight is 282 g/mol. The van der Waals surface area contributed by atoms with E-state index in [9.17, 15) is 8.42 Å². The molecular weight excluding hydrogens is 268 g/mol. The molecule has 1 aromatic carbocycles. The Morgan fingerprint density at radius 3 is 2.74 bits per heavy atom. The smallest absolute Gasteiger partial charge is 0.269 e. The van der Waals surface area contributed by atoms with Crippen LogP contribution in [-0.2, 0) is 10.0 Å². The number of benzene rings is 1. The summed E-state index contributed by atoms with van der Waals surface area (Å²) >= 11 is 0. The summed E-state index contributed by atoms with van der Waals surface area (Å²) in [7, 11) is -0.789. The number of aromatic amines is 1. The largest absolute Gasteiger partial charge is 0.497 e. The van der Waals surface area contributed by atoms with Gasteiger partial charge in [0.2, 0.25) is 0 Å². The predicted octanol–water partition coefficient (Wildman–Crippen LogP) is 0.826. The molecule has 0 fully saturated rings. The van der Waals surface area contributed by atoms with Crippen LogP contribution >= 0.6 is 0 Å². The first-order valence-electron chi connectivity index (χ1n) is 5.38. The van der Waals surface area contributed by atoms with E-state index < -0.39 is 10.0 Å². The fraction of sp³-hybridized carbons (Fsp3) is 0.182. The number of nitrogens with one attached hydrogen (secondary N) is 1. The minimum Gasteiger partial charge on any atom is -0.497 e. The Kier molecular flexibility index (Phi) is 3.34. The zero-order valence-electron chi connectivity index (χ0n) is 10.5. The molecule has 102 valence electrons. The summed E-state index contributed by atoms with van der Waals surface area (Å²) in [6, 6.07) is 6.72. The molecule has 0 aliphatic carbocycles. The fourth-order valence-electron chi connectivity index (χ4n) is 1.58. The molecule has 19 heavy (non-hydrogen) atoms. The number of aromatic nitrogens is 2. The van der Waals surface area contributed by atoms with Crippen molar-refractivity contribution in [2.24, 2.45) is 0 Å². The van der Waals surface area contributed by atoms with Crippen LogP contribution in [0.3, 0.4) is 0 Å². The standard InChI is InChI=1S/C11H14N4O3S/c1-15(8-4-3-5-9(6-8)18-2)19(16,17)10-7-13-14-11(10)12/h3-7H,1-2H3,(H3,12,13,14). The van der Waals surface area contributed by atoms with Crippen LogP contribution in [0.25, 0.3) is 0 Å². The molecule has 0 amide bonds. The fourth-order valence-corrected chi connectivity index (χ4v) is 2.78. The van der Waals surface area contributed by atoms with Crippen molar-refractivity contribution in [3.05, 3.63) is 30.5 Å². The number of hydrogen-bond donors (Lipinski definition) is 2. The molecule has 0 radical (unpaired) electrons. The molecule has 0 saturated carbocycles. The first-order chi connectivity index (χ1) is 8.96. The van der Waals surface area contributed by atoms with E-state index in [-0.39, 0.29) is 10.7 Å². The number of rotatable bonds is 4. The predicted molar refractivity (Wildman–Crippen MR) is 71.6 cm³/mol. The number of hydrogen-bond acceptors (Lipinski definition) is 5. The highest BCUT2D eigenvalue weighted by molar-refractivity contribution is 7.93. The summed E-state index contributed by atoms with van der Waals surface area (Å²) < 4.78 is 30.9. The number of nitrogens with zero attached hydrogens (tertiary/aromatic N) is 2. The second-order valence-electron chi connectivity index (χ2n) is 3.82. The van der Waals surface area contributed by atoms with E-state index in [0.717, 1.165) is 4.31 Å². The van der Waals surface area contributed by atoms with Crippen LogP contribution in [0.15, 0.2) is 35.4 Å². The Hall–Kier alpha value is -2.22. The lowest BCUT2D eigenvalue weighted by Crippen LogP contribution is -2.26. The van der Waals surface area contributed by atoms with Gasteiger partial charge in [-0.3, -0.25) is 9.40 Å². The Morgan fingerprint density at radius 2 is 2.16 bits per heavy atom. The van der Waals surface area contributed by atoms with E-state index in [1.807, 2.05) is 0 Å².